The largest absolute Gasteiger partial charge is 0.494 e. The molecule has 8 heteroatoms. The van der Waals surface area contributed by atoms with Gasteiger partial charge in [-0.05, 0) is 56.2 Å². The number of rotatable bonds is 8. The van der Waals surface area contributed by atoms with Gasteiger partial charge < -0.3 is 14.8 Å². The van der Waals surface area contributed by atoms with Crippen molar-refractivity contribution in [2.24, 2.45) is 0 Å². The third-order valence-corrected chi connectivity index (χ3v) is 6.62. The molecule has 1 aliphatic rings. The predicted molar refractivity (Wildman–Crippen MR) is 109 cm³/mol. The van der Waals surface area contributed by atoms with E-state index in [0.717, 1.165) is 5.75 Å². The van der Waals surface area contributed by atoms with E-state index in [2.05, 4.69) is 5.32 Å². The first-order valence-corrected chi connectivity index (χ1v) is 11.1. The van der Waals surface area contributed by atoms with Crippen LogP contribution in [0.1, 0.15) is 19.8 Å². The van der Waals surface area contributed by atoms with E-state index in [1.165, 1.54) is 4.31 Å². The summed E-state index contributed by atoms with van der Waals surface area (Å²) in [6.07, 6.45) is 1.14. The Balaban J connectivity index is 1.44. The molecule has 0 radical (unpaired) electrons. The molecule has 2 aromatic carbocycles. The molecule has 1 saturated heterocycles. The first-order valence-electron chi connectivity index (χ1n) is 9.69. The highest BCUT2D eigenvalue weighted by Crippen LogP contribution is 2.21. The number of nitrogens with zero attached hydrogens (tertiary/aromatic N) is 1. The minimum absolute atomic E-state index is 0.0614. The Morgan fingerprint density at radius 1 is 1.00 bits per heavy atom. The SMILES string of the molecule is CCOc1ccc(OCC(=O)NC2CCN(S(=O)(=O)c3ccccc3)CC2)cc1. The Kier molecular flexibility index (Phi) is 7.11. The van der Waals surface area contributed by atoms with Gasteiger partial charge in [-0.15, -0.1) is 0 Å². The average Bonchev–Trinajstić information content (AvgIpc) is 2.74. The number of sulfonamides is 1. The van der Waals surface area contributed by atoms with Gasteiger partial charge in [0.05, 0.1) is 11.5 Å². The van der Waals surface area contributed by atoms with Gasteiger partial charge in [0.25, 0.3) is 5.91 Å². The van der Waals surface area contributed by atoms with E-state index in [4.69, 9.17) is 9.47 Å². The second-order valence-corrected chi connectivity index (χ2v) is 8.69. The van der Waals surface area contributed by atoms with Crippen molar-refractivity contribution < 1.29 is 22.7 Å². The molecule has 29 heavy (non-hydrogen) atoms. The Bertz CT molecular complexity index is 892. The highest BCUT2D eigenvalue weighted by Gasteiger charge is 2.29. The summed E-state index contributed by atoms with van der Waals surface area (Å²) < 4.78 is 37.6. The molecule has 3 rings (SSSR count). The van der Waals surface area contributed by atoms with E-state index in [9.17, 15) is 13.2 Å². The van der Waals surface area contributed by atoms with Gasteiger partial charge in [-0.3, -0.25) is 4.79 Å². The summed E-state index contributed by atoms with van der Waals surface area (Å²) in [5, 5.41) is 2.92. The number of piperidine rings is 1. The minimum Gasteiger partial charge on any atom is -0.494 e. The molecule has 156 valence electrons. The second kappa shape index (κ2) is 9.76. The maximum Gasteiger partial charge on any atom is 0.258 e. The van der Waals surface area contributed by atoms with Crippen molar-refractivity contribution >= 4 is 15.9 Å². The lowest BCUT2D eigenvalue weighted by molar-refractivity contribution is -0.124. The van der Waals surface area contributed by atoms with E-state index in [1.807, 2.05) is 6.92 Å². The maximum absolute atomic E-state index is 12.7. The monoisotopic (exact) mass is 418 g/mol. The number of nitrogens with one attached hydrogen (secondary N) is 1. The second-order valence-electron chi connectivity index (χ2n) is 6.75. The third-order valence-electron chi connectivity index (χ3n) is 4.70. The Morgan fingerprint density at radius 2 is 1.59 bits per heavy atom. The maximum atomic E-state index is 12.7. The van der Waals surface area contributed by atoms with E-state index in [1.54, 1.807) is 54.6 Å². The summed E-state index contributed by atoms with van der Waals surface area (Å²) in [5.74, 6) is 1.12. The normalized spacial score (nSPS) is 15.6. The fourth-order valence-electron chi connectivity index (χ4n) is 3.20. The highest BCUT2D eigenvalue weighted by atomic mass is 32.2. The fourth-order valence-corrected chi connectivity index (χ4v) is 4.69. The first-order chi connectivity index (χ1) is 14.0. The molecule has 0 spiro atoms. The van der Waals surface area contributed by atoms with Crippen molar-refractivity contribution in [3.8, 4) is 11.5 Å². The summed E-state index contributed by atoms with van der Waals surface area (Å²) in [6.45, 7) is 3.17. The summed E-state index contributed by atoms with van der Waals surface area (Å²) >= 11 is 0. The lowest BCUT2D eigenvalue weighted by atomic mass is 10.1. The lowest BCUT2D eigenvalue weighted by Gasteiger charge is -2.31. The summed E-state index contributed by atoms with van der Waals surface area (Å²) in [6, 6.07) is 15.4. The van der Waals surface area contributed by atoms with Crippen molar-refractivity contribution in [3.05, 3.63) is 54.6 Å². The number of amides is 1. The molecule has 0 atom stereocenters. The molecule has 0 bridgehead atoms. The van der Waals surface area contributed by atoms with Crippen LogP contribution in [-0.4, -0.2) is 51.0 Å². The number of hydrogen-bond donors (Lipinski definition) is 1. The molecule has 0 aliphatic carbocycles. The smallest absolute Gasteiger partial charge is 0.258 e. The van der Waals surface area contributed by atoms with Crippen LogP contribution in [0.3, 0.4) is 0 Å². The molecule has 1 heterocycles. The van der Waals surface area contributed by atoms with E-state index < -0.39 is 10.0 Å². The molecule has 7 nitrogen and oxygen atoms in total. The molecule has 1 amide bonds. The minimum atomic E-state index is -3.48. The zero-order chi connectivity index (χ0) is 20.7. The van der Waals surface area contributed by atoms with Crippen LogP contribution >= 0.6 is 0 Å². The number of benzene rings is 2. The van der Waals surface area contributed by atoms with Gasteiger partial charge in [0.15, 0.2) is 6.61 Å². The van der Waals surface area contributed by atoms with Gasteiger partial charge in [-0.2, -0.15) is 4.31 Å². The average molecular weight is 419 g/mol. The van der Waals surface area contributed by atoms with Gasteiger partial charge in [0, 0.05) is 19.1 Å². The van der Waals surface area contributed by atoms with Crippen molar-refractivity contribution in [3.63, 3.8) is 0 Å². The standard InChI is InChI=1S/C21H26N2O5S/c1-2-27-18-8-10-19(11-9-18)28-16-21(24)22-17-12-14-23(15-13-17)29(25,26)20-6-4-3-5-7-20/h3-11,17H,2,12-16H2,1H3,(H,22,24). The quantitative estimate of drug-likeness (QED) is 0.712. The molecule has 1 N–H and O–H groups in total. The molecule has 1 aliphatic heterocycles. The van der Waals surface area contributed by atoms with Crippen molar-refractivity contribution in [2.45, 2.75) is 30.7 Å². The van der Waals surface area contributed by atoms with Crippen LogP contribution in [0.2, 0.25) is 0 Å². The predicted octanol–water partition coefficient (Wildman–Crippen LogP) is 2.43. The summed E-state index contributed by atoms with van der Waals surface area (Å²) in [5.41, 5.74) is 0. The van der Waals surface area contributed by atoms with Crippen LogP contribution in [0.4, 0.5) is 0 Å². The van der Waals surface area contributed by atoms with Crippen molar-refractivity contribution in [2.75, 3.05) is 26.3 Å². The number of carbonyl (C=O) groups excluding carboxylic acids is 1. The van der Waals surface area contributed by atoms with E-state index in [0.29, 0.717) is 43.2 Å². The van der Waals surface area contributed by atoms with Crippen molar-refractivity contribution in [1.82, 2.24) is 9.62 Å². The highest BCUT2D eigenvalue weighted by molar-refractivity contribution is 7.89. The molecular formula is C21H26N2O5S. The van der Waals surface area contributed by atoms with Crippen molar-refractivity contribution in [1.29, 1.82) is 0 Å². The van der Waals surface area contributed by atoms with Crippen LogP contribution in [0.5, 0.6) is 11.5 Å². The summed E-state index contributed by atoms with van der Waals surface area (Å²) in [4.78, 5) is 12.5. The molecule has 1 fully saturated rings. The molecular weight excluding hydrogens is 392 g/mol. The van der Waals surface area contributed by atoms with E-state index >= 15 is 0 Å². The number of ether oxygens (including phenoxy) is 2. The zero-order valence-corrected chi connectivity index (χ0v) is 17.2. The van der Waals surface area contributed by atoms with Gasteiger partial charge >= 0.3 is 0 Å². The van der Waals surface area contributed by atoms with Crippen LogP contribution in [0, 0.1) is 0 Å². The molecule has 0 saturated carbocycles. The molecule has 0 aromatic heterocycles. The number of hydrogen-bond acceptors (Lipinski definition) is 5. The zero-order valence-electron chi connectivity index (χ0n) is 16.4. The van der Waals surface area contributed by atoms with Gasteiger partial charge in [-0.1, -0.05) is 18.2 Å². The van der Waals surface area contributed by atoms with Gasteiger partial charge in [-0.25, -0.2) is 8.42 Å². The van der Waals surface area contributed by atoms with Crippen LogP contribution in [0.25, 0.3) is 0 Å². The number of carbonyl (C=O) groups is 1. The van der Waals surface area contributed by atoms with E-state index in [-0.39, 0.29) is 18.6 Å². The lowest BCUT2D eigenvalue weighted by Crippen LogP contribution is -2.47. The van der Waals surface area contributed by atoms with Gasteiger partial charge in [0.2, 0.25) is 10.0 Å². The topological polar surface area (TPSA) is 84.9 Å². The van der Waals surface area contributed by atoms with Gasteiger partial charge in [0.1, 0.15) is 11.5 Å². The van der Waals surface area contributed by atoms with Crippen LogP contribution in [0.15, 0.2) is 59.5 Å². The fraction of sp³-hybridized carbons (Fsp3) is 0.381. The molecule has 0 unspecified atom stereocenters. The molecule has 2 aromatic rings. The summed E-state index contributed by atoms with van der Waals surface area (Å²) in [7, 11) is -3.48. The first kappa shape index (κ1) is 21.1. The van der Waals surface area contributed by atoms with Crippen LogP contribution < -0.4 is 14.8 Å². The Labute approximate surface area is 171 Å². The third kappa shape index (κ3) is 5.71. The van der Waals surface area contributed by atoms with Crippen LogP contribution in [-0.2, 0) is 14.8 Å². The Morgan fingerprint density at radius 3 is 2.17 bits per heavy atom. The Hall–Kier alpha value is -2.58.